The molecule has 4 rings (SSSR count). The fourth-order valence-electron chi connectivity index (χ4n) is 3.99. The van der Waals surface area contributed by atoms with Gasteiger partial charge in [0.15, 0.2) is 0 Å². The van der Waals surface area contributed by atoms with Crippen molar-refractivity contribution in [3.8, 4) is 0 Å². The zero-order valence-corrected chi connectivity index (χ0v) is 17.2. The average molecular weight is 398 g/mol. The fourth-order valence-corrected chi connectivity index (χ4v) is 3.99. The van der Waals surface area contributed by atoms with Crippen LogP contribution in [-0.2, 0) is 6.54 Å². The molecule has 0 saturated heterocycles. The molecule has 0 bridgehead atoms. The van der Waals surface area contributed by atoms with Gasteiger partial charge in [-0.25, -0.2) is 4.90 Å². The molecule has 3 aromatic rings. The molecule has 0 atom stereocenters. The molecule has 0 aliphatic carbocycles. The Bertz CT molecular complexity index is 1160. The minimum Gasteiger partial charge on any atom is -0.348 e. The Morgan fingerprint density at radius 2 is 1.47 bits per heavy atom. The first-order valence-electron chi connectivity index (χ1n) is 9.79. The lowest BCUT2D eigenvalue weighted by Crippen LogP contribution is -2.30. The fraction of sp³-hybridized carbons (Fsp3) is 0.160. The second-order valence-corrected chi connectivity index (χ2v) is 7.62. The molecular weight excluding hydrogens is 376 g/mol. The molecule has 1 aliphatic rings. The van der Waals surface area contributed by atoms with Crippen LogP contribution in [0.5, 0.6) is 0 Å². The van der Waals surface area contributed by atoms with Crippen LogP contribution in [0.4, 0.5) is 5.69 Å². The first kappa shape index (κ1) is 19.6. The van der Waals surface area contributed by atoms with Crippen LogP contribution in [0.25, 0.3) is 0 Å². The van der Waals surface area contributed by atoms with Crippen LogP contribution >= 0.6 is 0 Å². The van der Waals surface area contributed by atoms with Gasteiger partial charge < -0.3 is 5.32 Å². The Morgan fingerprint density at radius 1 is 0.833 bits per heavy atom. The molecule has 30 heavy (non-hydrogen) atoms. The molecule has 5 heteroatoms. The van der Waals surface area contributed by atoms with E-state index in [0.717, 1.165) is 22.3 Å². The summed E-state index contributed by atoms with van der Waals surface area (Å²) in [5.41, 5.74) is 5.32. The van der Waals surface area contributed by atoms with E-state index in [9.17, 15) is 14.4 Å². The van der Waals surface area contributed by atoms with E-state index >= 15 is 0 Å². The van der Waals surface area contributed by atoms with Crippen LogP contribution < -0.4 is 10.2 Å². The monoisotopic (exact) mass is 398 g/mol. The molecule has 3 aromatic carbocycles. The van der Waals surface area contributed by atoms with Crippen molar-refractivity contribution in [2.75, 3.05) is 4.90 Å². The number of anilines is 1. The maximum absolute atomic E-state index is 13.1. The summed E-state index contributed by atoms with van der Waals surface area (Å²) < 4.78 is 0. The molecule has 0 fully saturated rings. The average Bonchev–Trinajstić information content (AvgIpc) is 2.97. The number of hydrogen-bond acceptors (Lipinski definition) is 3. The highest BCUT2D eigenvalue weighted by Gasteiger charge is 2.38. The highest BCUT2D eigenvalue weighted by molar-refractivity contribution is 6.35. The number of imide groups is 1. The summed E-state index contributed by atoms with van der Waals surface area (Å²) >= 11 is 0. The van der Waals surface area contributed by atoms with Gasteiger partial charge in [0.2, 0.25) is 0 Å². The molecule has 0 spiro atoms. The lowest BCUT2D eigenvalue weighted by molar-refractivity contribution is 0.0923. The molecule has 0 unspecified atom stereocenters. The Kier molecular flexibility index (Phi) is 4.96. The molecule has 0 radical (unpaired) electrons. The number of aryl methyl sites for hydroxylation is 3. The topological polar surface area (TPSA) is 66.5 Å². The molecule has 0 saturated carbocycles. The third kappa shape index (κ3) is 3.39. The number of carbonyl (C=O) groups is 3. The van der Waals surface area contributed by atoms with E-state index in [-0.39, 0.29) is 17.4 Å². The number of nitrogens with one attached hydrogen (secondary N) is 1. The molecule has 1 N–H and O–H groups in total. The Hall–Kier alpha value is -3.73. The van der Waals surface area contributed by atoms with Gasteiger partial charge in [-0.3, -0.25) is 14.4 Å². The first-order chi connectivity index (χ1) is 14.4. The van der Waals surface area contributed by atoms with Crippen molar-refractivity contribution in [3.05, 3.63) is 99.6 Å². The summed E-state index contributed by atoms with van der Waals surface area (Å²) in [5.74, 6) is -1.05. The number of hydrogen-bond donors (Lipinski definition) is 1. The Balaban J connectivity index is 1.62. The maximum atomic E-state index is 13.1. The minimum absolute atomic E-state index is 0.256. The quantitative estimate of drug-likeness (QED) is 0.665. The standard InChI is InChI=1S/C25H22N2O3/c1-15-11-16(2)22(17(3)12-15)27-24(29)20-10-9-19(13-21(20)25(27)30)23(28)26-14-18-7-5-4-6-8-18/h4-13H,14H2,1-3H3,(H,26,28). The van der Waals surface area contributed by atoms with E-state index in [1.54, 1.807) is 12.1 Å². The summed E-state index contributed by atoms with van der Waals surface area (Å²) in [5, 5.41) is 2.85. The molecule has 150 valence electrons. The van der Waals surface area contributed by atoms with Crippen LogP contribution in [0.3, 0.4) is 0 Å². The summed E-state index contributed by atoms with van der Waals surface area (Å²) in [4.78, 5) is 39.9. The highest BCUT2D eigenvalue weighted by Crippen LogP contribution is 2.34. The minimum atomic E-state index is -0.400. The van der Waals surface area contributed by atoms with Crippen molar-refractivity contribution < 1.29 is 14.4 Å². The van der Waals surface area contributed by atoms with E-state index in [2.05, 4.69) is 5.32 Å². The SMILES string of the molecule is Cc1cc(C)c(N2C(=O)c3ccc(C(=O)NCc4ccccc4)cc3C2=O)c(C)c1. The Labute approximate surface area is 175 Å². The molecule has 0 aromatic heterocycles. The van der Waals surface area contributed by atoms with Crippen molar-refractivity contribution in [1.29, 1.82) is 0 Å². The van der Waals surface area contributed by atoms with Crippen LogP contribution in [0.2, 0.25) is 0 Å². The summed E-state index contributed by atoms with van der Waals surface area (Å²) in [6, 6.07) is 18.1. The zero-order chi connectivity index (χ0) is 21.4. The zero-order valence-electron chi connectivity index (χ0n) is 17.2. The van der Waals surface area contributed by atoms with Crippen LogP contribution in [0.15, 0.2) is 60.7 Å². The van der Waals surface area contributed by atoms with Crippen LogP contribution in [0.1, 0.15) is 53.3 Å². The van der Waals surface area contributed by atoms with Gasteiger partial charge in [-0.1, -0.05) is 48.0 Å². The van der Waals surface area contributed by atoms with Gasteiger partial charge in [-0.05, 0) is 55.7 Å². The second kappa shape index (κ2) is 7.59. The van der Waals surface area contributed by atoms with Gasteiger partial charge in [-0.2, -0.15) is 0 Å². The molecule has 1 heterocycles. The lowest BCUT2D eigenvalue weighted by Gasteiger charge is -2.20. The summed E-state index contributed by atoms with van der Waals surface area (Å²) in [6.07, 6.45) is 0. The first-order valence-corrected chi connectivity index (χ1v) is 9.79. The van der Waals surface area contributed by atoms with Gasteiger partial charge >= 0.3 is 0 Å². The molecular formula is C25H22N2O3. The van der Waals surface area contributed by atoms with E-state index in [1.807, 2.05) is 63.2 Å². The number of nitrogens with zero attached hydrogens (tertiary/aromatic N) is 1. The highest BCUT2D eigenvalue weighted by atomic mass is 16.2. The van der Waals surface area contributed by atoms with Crippen LogP contribution in [-0.4, -0.2) is 17.7 Å². The molecule has 5 nitrogen and oxygen atoms in total. The lowest BCUT2D eigenvalue weighted by atomic mass is 10.0. The maximum Gasteiger partial charge on any atom is 0.266 e. The Morgan fingerprint density at radius 3 is 2.13 bits per heavy atom. The predicted octanol–water partition coefficient (Wildman–Crippen LogP) is 4.34. The van der Waals surface area contributed by atoms with Crippen LogP contribution in [0, 0.1) is 20.8 Å². The predicted molar refractivity (Wildman–Crippen MR) is 116 cm³/mol. The smallest absolute Gasteiger partial charge is 0.266 e. The number of rotatable bonds is 4. The summed E-state index contributed by atoms with van der Waals surface area (Å²) in [7, 11) is 0. The van der Waals surface area contributed by atoms with Gasteiger partial charge in [-0.15, -0.1) is 0 Å². The van der Waals surface area contributed by atoms with Gasteiger partial charge in [0, 0.05) is 12.1 Å². The summed E-state index contributed by atoms with van der Waals surface area (Å²) in [6.45, 7) is 6.15. The van der Waals surface area contributed by atoms with E-state index in [1.165, 1.54) is 11.0 Å². The largest absolute Gasteiger partial charge is 0.348 e. The van der Waals surface area contributed by atoms with Crippen molar-refractivity contribution in [1.82, 2.24) is 5.32 Å². The van der Waals surface area contributed by atoms with Crippen molar-refractivity contribution in [2.24, 2.45) is 0 Å². The van der Waals surface area contributed by atoms with Gasteiger partial charge in [0.25, 0.3) is 17.7 Å². The van der Waals surface area contributed by atoms with E-state index in [4.69, 9.17) is 0 Å². The van der Waals surface area contributed by atoms with Gasteiger partial charge in [0.05, 0.1) is 16.8 Å². The molecule has 3 amide bonds. The number of benzene rings is 3. The van der Waals surface area contributed by atoms with E-state index in [0.29, 0.717) is 23.4 Å². The third-order valence-corrected chi connectivity index (χ3v) is 5.30. The third-order valence-electron chi connectivity index (χ3n) is 5.30. The van der Waals surface area contributed by atoms with Crippen molar-refractivity contribution in [2.45, 2.75) is 27.3 Å². The second-order valence-electron chi connectivity index (χ2n) is 7.62. The number of carbonyl (C=O) groups excluding carboxylic acids is 3. The number of fused-ring (bicyclic) bond motifs is 1. The number of amides is 3. The van der Waals surface area contributed by atoms with Crippen molar-refractivity contribution in [3.63, 3.8) is 0 Å². The van der Waals surface area contributed by atoms with Crippen molar-refractivity contribution >= 4 is 23.4 Å². The normalized spacial score (nSPS) is 12.8. The molecule has 1 aliphatic heterocycles. The van der Waals surface area contributed by atoms with E-state index < -0.39 is 5.91 Å². The van der Waals surface area contributed by atoms with Gasteiger partial charge in [0.1, 0.15) is 0 Å².